The zero-order chi connectivity index (χ0) is 14.2. The van der Waals surface area contributed by atoms with E-state index in [0.29, 0.717) is 18.0 Å². The van der Waals surface area contributed by atoms with Crippen molar-refractivity contribution >= 4 is 0 Å². The fourth-order valence-corrected chi connectivity index (χ4v) is 3.23. The van der Waals surface area contributed by atoms with Gasteiger partial charge in [-0.3, -0.25) is 9.78 Å². The Hall–Kier alpha value is -1.16. The summed E-state index contributed by atoms with van der Waals surface area (Å²) in [7, 11) is 0. The minimum Gasteiger partial charge on any atom is -0.393 e. The first kappa shape index (κ1) is 14.3. The Labute approximate surface area is 114 Å². The van der Waals surface area contributed by atoms with Crippen LogP contribution >= 0.6 is 0 Å². The van der Waals surface area contributed by atoms with Gasteiger partial charge in [-0.05, 0) is 37.5 Å². The number of aliphatic hydroxyl groups is 1. The third kappa shape index (κ3) is 2.89. The Balaban J connectivity index is 2.43. The van der Waals surface area contributed by atoms with Crippen molar-refractivity contribution < 1.29 is 5.11 Å². The van der Waals surface area contributed by atoms with Crippen LogP contribution in [0, 0.1) is 18.3 Å². The molecule has 0 bridgehead atoms. The van der Waals surface area contributed by atoms with E-state index < -0.39 is 0 Å². The van der Waals surface area contributed by atoms with Gasteiger partial charge in [0.1, 0.15) is 5.69 Å². The molecule has 3 unspecified atom stereocenters. The molecule has 0 aromatic carbocycles. The monoisotopic (exact) mass is 264 g/mol. The van der Waals surface area contributed by atoms with Crippen LogP contribution < -0.4 is 5.56 Å². The van der Waals surface area contributed by atoms with Crippen molar-refractivity contribution in [1.29, 1.82) is 0 Å². The fourth-order valence-electron chi connectivity index (χ4n) is 3.23. The van der Waals surface area contributed by atoms with Crippen molar-refractivity contribution in [2.24, 2.45) is 11.3 Å². The molecule has 106 valence electrons. The molecule has 3 atom stereocenters. The molecule has 1 aromatic heterocycles. The lowest BCUT2D eigenvalue weighted by molar-refractivity contribution is 0.0285. The standard InChI is InChI=1S/C15H24N2O2/c1-10-14(19)17(8-7-16-10)13-9-11(18)5-6-12(13)15(2,3)4/h7-8,11-13,18H,5-6,9H2,1-4H3. The lowest BCUT2D eigenvalue weighted by Crippen LogP contribution is -2.41. The maximum absolute atomic E-state index is 12.3. The van der Waals surface area contributed by atoms with Crippen molar-refractivity contribution in [3.63, 3.8) is 0 Å². The van der Waals surface area contributed by atoms with E-state index in [1.807, 2.05) is 0 Å². The van der Waals surface area contributed by atoms with Crippen molar-refractivity contribution in [1.82, 2.24) is 9.55 Å². The molecular formula is C15H24N2O2. The number of aromatic nitrogens is 2. The second-order valence-electron chi connectivity index (χ2n) is 6.73. The van der Waals surface area contributed by atoms with E-state index in [1.54, 1.807) is 23.9 Å². The summed E-state index contributed by atoms with van der Waals surface area (Å²) in [6.45, 7) is 8.37. The van der Waals surface area contributed by atoms with Crippen LogP contribution in [0.4, 0.5) is 0 Å². The van der Waals surface area contributed by atoms with Crippen molar-refractivity contribution in [2.75, 3.05) is 0 Å². The zero-order valence-corrected chi connectivity index (χ0v) is 12.3. The molecule has 0 saturated heterocycles. The number of hydrogen-bond acceptors (Lipinski definition) is 3. The number of hydrogen-bond donors (Lipinski definition) is 1. The highest BCUT2D eigenvalue weighted by molar-refractivity contribution is 5.00. The molecule has 1 N–H and O–H groups in total. The summed E-state index contributed by atoms with van der Waals surface area (Å²) >= 11 is 0. The molecule has 1 aliphatic rings. The smallest absolute Gasteiger partial charge is 0.272 e. The first-order valence-electron chi connectivity index (χ1n) is 7.02. The summed E-state index contributed by atoms with van der Waals surface area (Å²) in [6.07, 6.45) is 5.59. The number of aryl methyl sites for hydroxylation is 1. The Morgan fingerprint density at radius 2 is 2.05 bits per heavy atom. The number of rotatable bonds is 1. The van der Waals surface area contributed by atoms with Gasteiger partial charge < -0.3 is 9.67 Å². The van der Waals surface area contributed by atoms with Gasteiger partial charge in [0.15, 0.2) is 0 Å². The second kappa shape index (κ2) is 5.08. The van der Waals surface area contributed by atoms with E-state index in [0.717, 1.165) is 12.8 Å². The third-order valence-electron chi connectivity index (χ3n) is 4.30. The predicted octanol–water partition coefficient (Wildman–Crippen LogP) is 2.30. The zero-order valence-electron chi connectivity index (χ0n) is 12.3. The molecule has 0 radical (unpaired) electrons. The van der Waals surface area contributed by atoms with Crippen LogP contribution in [0.3, 0.4) is 0 Å². The van der Waals surface area contributed by atoms with E-state index in [4.69, 9.17) is 0 Å². The van der Waals surface area contributed by atoms with E-state index in [-0.39, 0.29) is 23.1 Å². The van der Waals surface area contributed by atoms with Gasteiger partial charge in [-0.15, -0.1) is 0 Å². The van der Waals surface area contributed by atoms with Gasteiger partial charge in [0.25, 0.3) is 5.56 Å². The van der Waals surface area contributed by atoms with Gasteiger partial charge in [0.05, 0.1) is 6.10 Å². The highest BCUT2D eigenvalue weighted by Gasteiger charge is 2.38. The summed E-state index contributed by atoms with van der Waals surface area (Å²) in [5.74, 6) is 0.399. The molecule has 1 aliphatic carbocycles. The minimum absolute atomic E-state index is 0.0316. The van der Waals surface area contributed by atoms with Crippen LogP contribution in [0.1, 0.15) is 51.8 Å². The summed E-state index contributed by atoms with van der Waals surface area (Å²) in [6, 6.07) is 0.0675. The topological polar surface area (TPSA) is 55.1 Å². The Morgan fingerprint density at radius 3 is 2.68 bits per heavy atom. The molecule has 1 fully saturated rings. The van der Waals surface area contributed by atoms with Gasteiger partial charge in [0.2, 0.25) is 0 Å². The molecule has 0 aliphatic heterocycles. The SMILES string of the molecule is Cc1nccn(C2CC(O)CCC2C(C)(C)C)c1=O. The van der Waals surface area contributed by atoms with Crippen LogP contribution in [0.15, 0.2) is 17.2 Å². The van der Waals surface area contributed by atoms with Crippen LogP contribution in [0.5, 0.6) is 0 Å². The first-order valence-corrected chi connectivity index (χ1v) is 7.02. The maximum Gasteiger partial charge on any atom is 0.272 e. The van der Waals surface area contributed by atoms with Crippen LogP contribution in [0.25, 0.3) is 0 Å². The van der Waals surface area contributed by atoms with Crippen LogP contribution in [0.2, 0.25) is 0 Å². The van der Waals surface area contributed by atoms with E-state index >= 15 is 0 Å². The van der Waals surface area contributed by atoms with E-state index in [2.05, 4.69) is 25.8 Å². The quantitative estimate of drug-likeness (QED) is 0.846. The molecular weight excluding hydrogens is 240 g/mol. The average Bonchev–Trinajstić information content (AvgIpc) is 2.31. The van der Waals surface area contributed by atoms with Gasteiger partial charge in [-0.2, -0.15) is 0 Å². The minimum atomic E-state index is -0.302. The Bertz CT molecular complexity index is 502. The van der Waals surface area contributed by atoms with E-state index in [1.165, 1.54) is 0 Å². The van der Waals surface area contributed by atoms with Gasteiger partial charge in [-0.1, -0.05) is 20.8 Å². The predicted molar refractivity (Wildman–Crippen MR) is 75.1 cm³/mol. The van der Waals surface area contributed by atoms with Gasteiger partial charge >= 0.3 is 0 Å². The molecule has 19 heavy (non-hydrogen) atoms. The summed E-state index contributed by atoms with van der Waals surface area (Å²) in [5, 5.41) is 9.95. The summed E-state index contributed by atoms with van der Waals surface area (Å²) in [5.41, 5.74) is 0.618. The summed E-state index contributed by atoms with van der Waals surface area (Å²) < 4.78 is 1.78. The lowest BCUT2D eigenvalue weighted by Gasteiger charge is -2.42. The third-order valence-corrected chi connectivity index (χ3v) is 4.30. The molecule has 2 rings (SSSR count). The molecule has 0 spiro atoms. The largest absolute Gasteiger partial charge is 0.393 e. The van der Waals surface area contributed by atoms with Crippen molar-refractivity contribution in [3.8, 4) is 0 Å². The van der Waals surface area contributed by atoms with Crippen molar-refractivity contribution in [3.05, 3.63) is 28.4 Å². The highest BCUT2D eigenvalue weighted by Crippen LogP contribution is 2.43. The highest BCUT2D eigenvalue weighted by atomic mass is 16.3. The molecule has 0 amide bonds. The molecule has 4 nitrogen and oxygen atoms in total. The Kier molecular flexibility index (Phi) is 3.81. The average molecular weight is 264 g/mol. The molecule has 1 heterocycles. The molecule has 1 saturated carbocycles. The van der Waals surface area contributed by atoms with Crippen molar-refractivity contribution in [2.45, 2.75) is 59.1 Å². The first-order chi connectivity index (χ1) is 8.80. The summed E-state index contributed by atoms with van der Waals surface area (Å²) in [4.78, 5) is 16.3. The fraction of sp³-hybridized carbons (Fsp3) is 0.733. The Morgan fingerprint density at radius 1 is 1.37 bits per heavy atom. The van der Waals surface area contributed by atoms with Gasteiger partial charge in [-0.25, -0.2) is 0 Å². The molecule has 1 aromatic rings. The lowest BCUT2D eigenvalue weighted by atomic mass is 9.69. The molecule has 4 heteroatoms. The van der Waals surface area contributed by atoms with Gasteiger partial charge in [0, 0.05) is 18.4 Å². The van der Waals surface area contributed by atoms with Crippen LogP contribution in [-0.4, -0.2) is 20.8 Å². The second-order valence-corrected chi connectivity index (χ2v) is 6.73. The maximum atomic E-state index is 12.3. The van der Waals surface area contributed by atoms with Crippen LogP contribution in [-0.2, 0) is 0 Å². The van der Waals surface area contributed by atoms with E-state index in [9.17, 15) is 9.90 Å². The normalized spacial score (nSPS) is 28.4. The number of aliphatic hydroxyl groups excluding tert-OH is 1. The number of nitrogens with zero attached hydrogens (tertiary/aromatic N) is 2.